The van der Waals surface area contributed by atoms with Gasteiger partial charge in [0.25, 0.3) is 10.2 Å². The molecule has 1 aliphatic rings. The molecule has 0 bridgehead atoms. The van der Waals surface area contributed by atoms with Crippen LogP contribution in [0.25, 0.3) is 0 Å². The predicted molar refractivity (Wildman–Crippen MR) is 87.2 cm³/mol. The van der Waals surface area contributed by atoms with E-state index in [9.17, 15) is 8.42 Å². The molecule has 0 aliphatic carbocycles. The molecule has 7 heteroatoms. The van der Waals surface area contributed by atoms with Crippen molar-refractivity contribution in [3.05, 3.63) is 0 Å². The molecular formula is C13H29N3O2S2. The number of hydrogen-bond donors (Lipinski definition) is 2. The summed E-state index contributed by atoms with van der Waals surface area (Å²) in [5.41, 5.74) is 5.68. The van der Waals surface area contributed by atoms with Crippen molar-refractivity contribution in [1.82, 2.24) is 9.03 Å². The number of hydrogen-bond acceptors (Lipinski definition) is 4. The smallest absolute Gasteiger partial charge is 0.279 e. The van der Waals surface area contributed by atoms with Gasteiger partial charge in [0.2, 0.25) is 0 Å². The molecule has 0 aromatic carbocycles. The van der Waals surface area contributed by atoms with Crippen molar-refractivity contribution in [2.24, 2.45) is 5.73 Å². The lowest BCUT2D eigenvalue weighted by molar-refractivity contribution is 0.254. The lowest BCUT2D eigenvalue weighted by atomic mass is 10.1. The molecule has 3 N–H and O–H groups in total. The molecule has 0 aromatic heterocycles. The minimum absolute atomic E-state index is 0.0252. The summed E-state index contributed by atoms with van der Waals surface area (Å²) < 4.78 is 28.8. The third kappa shape index (κ3) is 6.30. The summed E-state index contributed by atoms with van der Waals surface area (Å²) in [6.45, 7) is 1.55. The predicted octanol–water partition coefficient (Wildman–Crippen LogP) is 1.56. The van der Waals surface area contributed by atoms with Crippen molar-refractivity contribution in [2.75, 3.05) is 31.6 Å². The summed E-state index contributed by atoms with van der Waals surface area (Å²) in [7, 11) is -3.34. The Kier molecular flexibility index (Phi) is 9.11. The first kappa shape index (κ1) is 18.2. The van der Waals surface area contributed by atoms with E-state index >= 15 is 0 Å². The van der Waals surface area contributed by atoms with Gasteiger partial charge in [0.1, 0.15) is 0 Å². The number of nitrogens with zero attached hydrogens (tertiary/aromatic N) is 1. The van der Waals surface area contributed by atoms with Crippen molar-refractivity contribution in [3.8, 4) is 0 Å². The van der Waals surface area contributed by atoms with E-state index in [0.29, 0.717) is 19.6 Å². The van der Waals surface area contributed by atoms with Gasteiger partial charge in [-0.2, -0.15) is 24.5 Å². The van der Waals surface area contributed by atoms with Gasteiger partial charge in [0.05, 0.1) is 0 Å². The Morgan fingerprint density at radius 2 is 2.00 bits per heavy atom. The molecule has 0 amide bonds. The highest BCUT2D eigenvalue weighted by molar-refractivity contribution is 7.98. The fraction of sp³-hybridized carbons (Fsp3) is 1.00. The second-order valence-electron chi connectivity index (χ2n) is 5.30. The van der Waals surface area contributed by atoms with Crippen LogP contribution in [-0.4, -0.2) is 50.4 Å². The summed E-state index contributed by atoms with van der Waals surface area (Å²) in [6, 6.07) is -0.0252. The summed E-state index contributed by atoms with van der Waals surface area (Å²) >= 11 is 1.86. The number of thioether (sulfide) groups is 1. The normalized spacial score (nSPS) is 21.2. The van der Waals surface area contributed by atoms with Gasteiger partial charge < -0.3 is 5.73 Å². The number of unbranched alkanes of at least 4 members (excludes halogenated alkanes) is 3. The van der Waals surface area contributed by atoms with Crippen molar-refractivity contribution >= 4 is 22.0 Å². The van der Waals surface area contributed by atoms with E-state index in [1.165, 1.54) is 18.6 Å². The standard InChI is InChI=1S/C13H29N3O2S2/c1-19-11-7-3-2-5-9-15-20(17,18)16-10-6-4-8-13(16)12-14/h13,15H,2-12,14H2,1H3. The molecule has 1 rings (SSSR count). The summed E-state index contributed by atoms with van der Waals surface area (Å²) in [5.74, 6) is 1.19. The van der Waals surface area contributed by atoms with Gasteiger partial charge in [-0.25, -0.2) is 4.72 Å². The second-order valence-corrected chi connectivity index (χ2v) is 8.00. The fourth-order valence-electron chi connectivity index (χ4n) is 2.54. The Morgan fingerprint density at radius 3 is 2.70 bits per heavy atom. The van der Waals surface area contributed by atoms with Crippen molar-refractivity contribution < 1.29 is 8.42 Å². The molecule has 1 saturated heterocycles. The van der Waals surface area contributed by atoms with Crippen LogP contribution in [-0.2, 0) is 10.2 Å². The van der Waals surface area contributed by atoms with Gasteiger partial charge in [-0.1, -0.05) is 19.3 Å². The molecule has 120 valence electrons. The monoisotopic (exact) mass is 323 g/mol. The first-order valence-electron chi connectivity index (χ1n) is 7.57. The lowest BCUT2D eigenvalue weighted by Gasteiger charge is -2.33. The fourth-order valence-corrected chi connectivity index (χ4v) is 4.55. The van der Waals surface area contributed by atoms with E-state index in [0.717, 1.165) is 32.1 Å². The number of nitrogens with one attached hydrogen (secondary N) is 1. The molecule has 1 atom stereocenters. The largest absolute Gasteiger partial charge is 0.329 e. The van der Waals surface area contributed by atoms with Crippen molar-refractivity contribution in [1.29, 1.82) is 0 Å². The second kappa shape index (κ2) is 10.00. The first-order chi connectivity index (χ1) is 9.61. The van der Waals surface area contributed by atoms with E-state index in [4.69, 9.17) is 5.73 Å². The third-order valence-corrected chi connectivity index (χ3v) is 6.08. The van der Waals surface area contributed by atoms with Crippen LogP contribution in [0.4, 0.5) is 0 Å². The Balaban J connectivity index is 2.26. The number of nitrogens with two attached hydrogens (primary N) is 1. The maximum atomic E-state index is 12.2. The van der Waals surface area contributed by atoms with Crippen molar-refractivity contribution in [3.63, 3.8) is 0 Å². The molecule has 20 heavy (non-hydrogen) atoms. The average molecular weight is 324 g/mol. The minimum atomic E-state index is -3.34. The average Bonchev–Trinajstić information content (AvgIpc) is 2.46. The molecule has 1 fully saturated rings. The first-order valence-corrected chi connectivity index (χ1v) is 10.4. The number of piperidine rings is 1. The topological polar surface area (TPSA) is 75.4 Å². The number of rotatable bonds is 10. The van der Waals surface area contributed by atoms with Crippen LogP contribution in [0.15, 0.2) is 0 Å². The molecule has 1 heterocycles. The summed E-state index contributed by atoms with van der Waals surface area (Å²) in [4.78, 5) is 0. The van der Waals surface area contributed by atoms with Crippen molar-refractivity contribution in [2.45, 2.75) is 51.0 Å². The summed E-state index contributed by atoms with van der Waals surface area (Å²) in [5, 5.41) is 0. The molecule has 1 unspecified atom stereocenters. The highest BCUT2D eigenvalue weighted by Crippen LogP contribution is 2.18. The van der Waals surface area contributed by atoms with Crippen LogP contribution in [0.5, 0.6) is 0 Å². The Labute approximate surface area is 128 Å². The molecule has 0 spiro atoms. The van der Waals surface area contributed by atoms with Crippen LogP contribution >= 0.6 is 11.8 Å². The molecule has 0 saturated carbocycles. The van der Waals surface area contributed by atoms with E-state index in [-0.39, 0.29) is 6.04 Å². The minimum Gasteiger partial charge on any atom is -0.329 e. The molecular weight excluding hydrogens is 294 g/mol. The van der Waals surface area contributed by atoms with Crippen LogP contribution in [0.3, 0.4) is 0 Å². The molecule has 0 radical (unpaired) electrons. The zero-order valence-corrected chi connectivity index (χ0v) is 14.1. The maximum Gasteiger partial charge on any atom is 0.279 e. The van der Waals surface area contributed by atoms with Crippen LogP contribution < -0.4 is 10.5 Å². The Bertz CT molecular complexity index is 350. The highest BCUT2D eigenvalue weighted by Gasteiger charge is 2.30. The Hall–Kier alpha value is 0.180. The maximum absolute atomic E-state index is 12.2. The van der Waals surface area contributed by atoms with Gasteiger partial charge >= 0.3 is 0 Å². The molecule has 0 aromatic rings. The summed E-state index contributed by atoms with van der Waals surface area (Å²) in [6.07, 6.45) is 9.40. The van der Waals surface area contributed by atoms with Crippen LogP contribution in [0.1, 0.15) is 44.9 Å². The SMILES string of the molecule is CSCCCCCCNS(=O)(=O)N1CCCCC1CN. The van der Waals surface area contributed by atoms with E-state index in [1.807, 2.05) is 11.8 Å². The van der Waals surface area contributed by atoms with E-state index in [2.05, 4.69) is 11.0 Å². The van der Waals surface area contributed by atoms with E-state index in [1.54, 1.807) is 4.31 Å². The van der Waals surface area contributed by atoms with Crippen LogP contribution in [0, 0.1) is 0 Å². The third-order valence-electron chi connectivity index (χ3n) is 3.71. The van der Waals surface area contributed by atoms with Gasteiger partial charge in [0.15, 0.2) is 0 Å². The van der Waals surface area contributed by atoms with Gasteiger partial charge in [0, 0.05) is 25.7 Å². The highest BCUT2D eigenvalue weighted by atomic mass is 32.2. The van der Waals surface area contributed by atoms with Crippen LogP contribution in [0.2, 0.25) is 0 Å². The lowest BCUT2D eigenvalue weighted by Crippen LogP contribution is -2.51. The Morgan fingerprint density at radius 1 is 1.25 bits per heavy atom. The zero-order chi connectivity index (χ0) is 14.8. The van der Waals surface area contributed by atoms with Gasteiger partial charge in [-0.3, -0.25) is 0 Å². The molecule has 5 nitrogen and oxygen atoms in total. The quantitative estimate of drug-likeness (QED) is 0.598. The van der Waals surface area contributed by atoms with Gasteiger partial charge in [-0.15, -0.1) is 0 Å². The molecule has 1 aliphatic heterocycles. The zero-order valence-electron chi connectivity index (χ0n) is 12.5. The van der Waals surface area contributed by atoms with E-state index < -0.39 is 10.2 Å². The van der Waals surface area contributed by atoms with Gasteiger partial charge in [-0.05, 0) is 37.7 Å².